The second-order valence-electron chi connectivity index (χ2n) is 5.58. The van der Waals surface area contributed by atoms with Crippen LogP contribution in [0.25, 0.3) is 16.9 Å². The summed E-state index contributed by atoms with van der Waals surface area (Å²) in [5.74, 6) is -0.128. The highest BCUT2D eigenvalue weighted by molar-refractivity contribution is 9.11. The molecule has 12 nitrogen and oxygen atoms in total. The van der Waals surface area contributed by atoms with Crippen LogP contribution >= 0.6 is 23.8 Å². The smallest absolute Gasteiger partial charge is 0.469 e. The molecule has 0 aliphatic carbocycles. The molecule has 2 aromatic rings. The minimum atomic E-state index is -4.76. The highest BCUT2D eigenvalue weighted by atomic mass is 79.9. The van der Waals surface area contributed by atoms with E-state index in [0.29, 0.717) is 0 Å². The number of ether oxygens (including phenoxy) is 1. The molecule has 15 heteroatoms. The van der Waals surface area contributed by atoms with Gasteiger partial charge in [-0.2, -0.15) is 4.98 Å². The van der Waals surface area contributed by atoms with E-state index in [9.17, 15) is 14.8 Å². The van der Waals surface area contributed by atoms with Gasteiger partial charge in [0.1, 0.15) is 23.8 Å². The van der Waals surface area contributed by atoms with Crippen LogP contribution in [0.5, 0.6) is 0 Å². The van der Waals surface area contributed by atoms with E-state index in [1.54, 1.807) is 16.4 Å². The first kappa shape index (κ1) is 21.4. The maximum atomic E-state index is 10.9. The number of hydrogen-bond donors (Lipinski definition) is 4. The summed E-state index contributed by atoms with van der Waals surface area (Å²) < 4.78 is 22.0. The Balaban J connectivity index is 1.91. The van der Waals surface area contributed by atoms with E-state index in [-0.39, 0.29) is 22.1 Å². The molecule has 1 aliphatic heterocycles. The van der Waals surface area contributed by atoms with Gasteiger partial charge in [0, 0.05) is 6.08 Å². The largest absolute Gasteiger partial charge is 0.480 e. The Bertz CT molecular complexity index is 966. The van der Waals surface area contributed by atoms with Crippen molar-refractivity contribution in [1.82, 2.24) is 19.5 Å². The summed E-state index contributed by atoms with van der Waals surface area (Å²) in [7, 11) is -4.76. The monoisotopic (exact) mass is 495 g/mol. The van der Waals surface area contributed by atoms with Crippen molar-refractivity contribution in [3.05, 3.63) is 23.1 Å². The first-order valence-corrected chi connectivity index (χ1v) is 11.0. The Morgan fingerprint density at radius 1 is 1.39 bits per heavy atom. The van der Waals surface area contributed by atoms with Gasteiger partial charge in [-0.25, -0.2) is 9.55 Å². The summed E-state index contributed by atoms with van der Waals surface area (Å²) in [6, 6.07) is 0. The lowest BCUT2D eigenvalue weighted by Crippen LogP contribution is -2.33. The van der Waals surface area contributed by atoms with Crippen LogP contribution in [0.4, 0.5) is 5.82 Å². The zero-order valence-corrected chi connectivity index (χ0v) is 17.2. The molecule has 28 heavy (non-hydrogen) atoms. The Morgan fingerprint density at radius 3 is 2.82 bits per heavy atom. The van der Waals surface area contributed by atoms with Crippen molar-refractivity contribution in [3.63, 3.8) is 0 Å². The van der Waals surface area contributed by atoms with Crippen molar-refractivity contribution in [2.75, 3.05) is 6.61 Å². The van der Waals surface area contributed by atoms with Crippen LogP contribution in [0.2, 0.25) is 0 Å². The first-order chi connectivity index (χ1) is 13.2. The van der Waals surface area contributed by atoms with Gasteiger partial charge in [-0.1, -0.05) is 15.9 Å². The fourth-order valence-corrected chi connectivity index (χ4v) is 3.79. The quantitative estimate of drug-likeness (QED) is 0.143. The minimum absolute atomic E-state index is 0.128. The van der Waals surface area contributed by atoms with Crippen molar-refractivity contribution in [1.29, 1.82) is 0 Å². The van der Waals surface area contributed by atoms with E-state index in [1.807, 2.05) is 0 Å². The number of phosphoric ester groups is 1. The lowest BCUT2D eigenvalue weighted by atomic mass is 10.1. The van der Waals surface area contributed by atoms with Gasteiger partial charge in [-0.05, 0) is 10.8 Å². The molecule has 152 valence electrons. The lowest BCUT2D eigenvalue weighted by molar-refractivity contribution is -0.0504. The number of nitrogens with one attached hydrogen (secondary N) is 1. The summed E-state index contributed by atoms with van der Waals surface area (Å²) >= 11 is 4.28. The van der Waals surface area contributed by atoms with Gasteiger partial charge in [0.05, 0.1) is 12.9 Å². The van der Waals surface area contributed by atoms with Crippen molar-refractivity contribution in [3.8, 4) is 0 Å². The Hall–Kier alpha value is -1.35. The van der Waals surface area contributed by atoms with Crippen LogP contribution in [0.3, 0.4) is 0 Å². The summed E-state index contributed by atoms with van der Waals surface area (Å²) in [6.07, 6.45) is -2.26. The van der Waals surface area contributed by atoms with Crippen molar-refractivity contribution in [2.24, 2.45) is 0 Å². The molecule has 5 N–H and O–H groups in total. The van der Waals surface area contributed by atoms with E-state index in [2.05, 4.69) is 35.4 Å². The predicted octanol–water partition coefficient (Wildman–Crippen LogP) is 0.391. The number of phosphoric acid groups is 1. The summed E-state index contributed by atoms with van der Waals surface area (Å²) in [4.78, 5) is 31.6. The third-order valence-corrected chi connectivity index (χ3v) is 5.22. The number of aromatic nitrogens is 4. The second kappa shape index (κ2) is 8.57. The summed E-state index contributed by atoms with van der Waals surface area (Å²) in [6.45, 7) is -0.626. The Labute approximate surface area is 170 Å². The Kier molecular flexibility index (Phi) is 6.54. The van der Waals surface area contributed by atoms with Gasteiger partial charge in [0.2, 0.25) is 11.4 Å². The number of nitrogens with zero attached hydrogens (tertiary/aromatic N) is 4. The van der Waals surface area contributed by atoms with Gasteiger partial charge in [0.25, 0.3) is 0 Å². The molecule has 3 heterocycles. The van der Waals surface area contributed by atoms with Crippen molar-refractivity contribution in [2.45, 2.75) is 29.7 Å². The zero-order chi connectivity index (χ0) is 20.5. The molecule has 1 aliphatic rings. The minimum Gasteiger partial charge on any atom is -0.480 e. The third-order valence-electron chi connectivity index (χ3n) is 3.74. The highest BCUT2D eigenvalue weighted by Gasteiger charge is 2.45. The standard InChI is InChI=1S/C13H15BrN5O7PS/c14-2-1-3-28-13-17-10(15)7-11(18-13)19(5-16-7)12-9(21)8(20)6(26-12)4-25-27(22,23)24/h1-3,5-6,8-9,12,20-21H,4H2,(H3-,15,17,18,22,23,24)/t6-,8-,9-,12-/m1/s1. The summed E-state index contributed by atoms with van der Waals surface area (Å²) in [5, 5.41) is 22.4. The summed E-state index contributed by atoms with van der Waals surface area (Å²) in [5.41, 5.74) is 8.36. The molecule has 0 spiro atoms. The number of aliphatic hydroxyl groups excluding tert-OH is 2. The molecule has 2 aromatic heterocycles. The number of halogens is 1. The van der Waals surface area contributed by atoms with Gasteiger partial charge >= 0.3 is 13.0 Å². The number of imidazole rings is 1. The molecule has 1 saturated heterocycles. The molecule has 3 rings (SSSR count). The van der Waals surface area contributed by atoms with E-state index >= 15 is 0 Å². The van der Waals surface area contributed by atoms with Gasteiger partial charge in [-0.3, -0.25) is 9.09 Å². The van der Waals surface area contributed by atoms with Crippen LogP contribution in [-0.4, -0.2) is 69.8 Å². The zero-order valence-electron chi connectivity index (χ0n) is 13.9. The number of allylic oxidation sites excluding steroid dienone is 1. The average molecular weight is 496 g/mol. The first-order valence-electron chi connectivity index (χ1n) is 7.64. The van der Waals surface area contributed by atoms with Crippen LogP contribution in [0, 0.1) is 0 Å². The average Bonchev–Trinajstić information content (AvgIpc) is 3.15. The van der Waals surface area contributed by atoms with Crippen LogP contribution in [-0.2, 0) is 25.2 Å². The molecule has 0 unspecified atom stereocenters. The third kappa shape index (κ3) is 4.62. The highest BCUT2D eigenvalue weighted by Crippen LogP contribution is 2.39. The number of fused-ring (bicyclic) bond motifs is 1. The molecule has 0 amide bonds. The second-order valence-corrected chi connectivity index (χ2v) is 8.22. The normalized spacial score (nSPS) is 26.2. The van der Waals surface area contributed by atoms with Crippen molar-refractivity contribution >= 4 is 57.5 Å². The molecule has 1 fully saturated rings. The number of aliphatic hydroxyl groups is 2. The predicted molar refractivity (Wildman–Crippen MR) is 103 cm³/mol. The molecule has 0 bridgehead atoms. The SMILES string of the molecule is [NH-]c1nc([S+]=CC=CBr)nc2c1ncn2[C@@H]1O[C@H](COP(=O)(O)O)[C@@H](O)[C@H]1O. The van der Waals surface area contributed by atoms with Crippen LogP contribution in [0.1, 0.15) is 6.23 Å². The van der Waals surface area contributed by atoms with E-state index in [1.165, 1.54) is 10.9 Å². The lowest BCUT2D eigenvalue weighted by Gasteiger charge is -2.16. The topological polar surface area (TPSA) is 184 Å². The van der Waals surface area contributed by atoms with Crippen LogP contribution < -0.4 is 0 Å². The fourth-order valence-electron chi connectivity index (χ4n) is 2.53. The molecule has 4 atom stereocenters. The van der Waals surface area contributed by atoms with E-state index in [4.69, 9.17) is 20.3 Å². The van der Waals surface area contributed by atoms with Crippen molar-refractivity contribution < 1.29 is 33.8 Å². The van der Waals surface area contributed by atoms with Gasteiger partial charge in [0.15, 0.2) is 17.2 Å². The van der Waals surface area contributed by atoms with Gasteiger partial charge < -0.3 is 35.5 Å². The Morgan fingerprint density at radius 2 is 2.14 bits per heavy atom. The molecule has 0 saturated carbocycles. The van der Waals surface area contributed by atoms with Gasteiger partial charge in [-0.15, -0.1) is 0 Å². The van der Waals surface area contributed by atoms with E-state index < -0.39 is 39.0 Å². The molecular formula is C13H15BrN5O7PS. The maximum absolute atomic E-state index is 10.9. The fraction of sp³-hybridized carbons (Fsp3) is 0.385. The van der Waals surface area contributed by atoms with E-state index in [0.717, 1.165) is 11.4 Å². The number of hydrogen-bond acceptors (Lipinski definition) is 8. The molecular weight excluding hydrogens is 481 g/mol. The molecule has 0 aromatic carbocycles. The number of rotatable bonds is 6. The maximum Gasteiger partial charge on any atom is 0.469 e. The molecule has 0 radical (unpaired) electrons. The van der Waals surface area contributed by atoms with Crippen LogP contribution in [0.15, 0.2) is 22.5 Å².